The van der Waals surface area contributed by atoms with Crippen LogP contribution < -0.4 is 4.74 Å². The fourth-order valence-electron chi connectivity index (χ4n) is 1.45. The van der Waals surface area contributed by atoms with Crippen molar-refractivity contribution in [2.75, 3.05) is 7.11 Å². The van der Waals surface area contributed by atoms with Gasteiger partial charge >= 0.3 is 5.97 Å². The fourth-order valence-corrected chi connectivity index (χ4v) is 2.68. The van der Waals surface area contributed by atoms with Crippen molar-refractivity contribution in [2.24, 2.45) is 5.34 Å². The molecule has 0 aromatic carbocycles. The molecule has 0 fully saturated rings. The zero-order chi connectivity index (χ0) is 19.1. The molecule has 0 saturated heterocycles. The summed E-state index contributed by atoms with van der Waals surface area (Å²) in [6, 6.07) is 1.44. The first-order valence-electron chi connectivity index (χ1n) is 6.98. The van der Waals surface area contributed by atoms with Gasteiger partial charge in [-0.3, -0.25) is 0 Å². The summed E-state index contributed by atoms with van der Waals surface area (Å²) in [4.78, 5) is 23.5. The number of hydrogen-bond donors (Lipinski definition) is 2. The quantitative estimate of drug-likeness (QED) is 0.342. The maximum atomic E-state index is 11.2. The molecule has 0 atom stereocenters. The van der Waals surface area contributed by atoms with Crippen LogP contribution in [0, 0.1) is 4.91 Å². The van der Waals surface area contributed by atoms with E-state index in [1.807, 2.05) is 0 Å². The van der Waals surface area contributed by atoms with Gasteiger partial charge in [0.25, 0.3) is 0 Å². The van der Waals surface area contributed by atoms with Crippen LogP contribution in [-0.2, 0) is 11.0 Å². The molecule has 0 spiro atoms. The van der Waals surface area contributed by atoms with Gasteiger partial charge in [0.15, 0.2) is 24.6 Å². The van der Waals surface area contributed by atoms with Gasteiger partial charge < -0.3 is 19.5 Å². The van der Waals surface area contributed by atoms with E-state index in [0.717, 1.165) is 0 Å². The van der Waals surface area contributed by atoms with Crippen molar-refractivity contribution in [3.05, 3.63) is 27.4 Å². The average molecular weight is 379 g/mol. The molecule has 0 radical (unpaired) electrons. The van der Waals surface area contributed by atoms with Gasteiger partial charge in [0.2, 0.25) is 0 Å². The van der Waals surface area contributed by atoms with Crippen LogP contribution in [0.25, 0.3) is 0 Å². The molecular formula is C14H23ClN2O6Si. The molecule has 1 rings (SSSR count). The fraction of sp³-hybridized carbons (Fsp3) is 0.571. The molecule has 0 amide bonds. The molecule has 10 heteroatoms. The topological polar surface area (TPSA) is 118 Å². The Morgan fingerprint density at radius 3 is 2.29 bits per heavy atom. The smallest absolute Gasteiger partial charge is 0.339 e. The van der Waals surface area contributed by atoms with Gasteiger partial charge in [-0.2, -0.15) is 0 Å². The lowest BCUT2D eigenvalue weighted by Crippen LogP contribution is -2.40. The number of pyridine rings is 1. The number of methoxy groups -OCH3 is 1. The Labute approximate surface area is 146 Å². The zero-order valence-corrected chi connectivity index (χ0v) is 16.3. The molecule has 1 aromatic heterocycles. The van der Waals surface area contributed by atoms with Crippen molar-refractivity contribution >= 4 is 25.9 Å². The molecule has 0 aliphatic heterocycles. The summed E-state index contributed by atoms with van der Waals surface area (Å²) in [5.74, 6) is -1.04. The lowest BCUT2D eigenvalue weighted by molar-refractivity contribution is 0.0693. The third kappa shape index (κ3) is 6.06. The predicted molar refractivity (Wildman–Crippen MR) is 92.3 cm³/mol. The number of rotatable bonds is 5. The van der Waals surface area contributed by atoms with Gasteiger partial charge in [-0.05, 0) is 24.2 Å². The summed E-state index contributed by atoms with van der Waals surface area (Å²) in [7, 11) is -0.571. The molecule has 0 aliphatic carbocycles. The molecule has 0 bridgehead atoms. The number of carbonyl (C=O) groups is 1. The van der Waals surface area contributed by atoms with E-state index >= 15 is 0 Å². The van der Waals surface area contributed by atoms with Gasteiger partial charge in [0.05, 0.1) is 19.4 Å². The lowest BCUT2D eigenvalue weighted by atomic mass is 10.2. The van der Waals surface area contributed by atoms with E-state index in [-0.39, 0.29) is 28.1 Å². The average Bonchev–Trinajstić information content (AvgIpc) is 2.44. The van der Waals surface area contributed by atoms with Crippen molar-refractivity contribution < 1.29 is 24.3 Å². The number of aromatic carboxylic acids is 1. The number of aromatic nitrogens is 1. The summed E-state index contributed by atoms with van der Waals surface area (Å²) in [6.45, 7) is 10.9. The largest absolute Gasteiger partial charge is 0.493 e. The second-order valence-corrected chi connectivity index (χ2v) is 11.6. The third-order valence-electron chi connectivity index (χ3n) is 3.81. The highest BCUT2D eigenvalue weighted by atomic mass is 35.5. The Hall–Kier alpha value is -1.71. The summed E-state index contributed by atoms with van der Waals surface area (Å²) < 4.78 is 11.0. The second kappa shape index (κ2) is 8.95. The first-order valence-corrected chi connectivity index (χ1v) is 10.3. The summed E-state index contributed by atoms with van der Waals surface area (Å²) in [5, 5.41) is 17.2. The highest BCUT2D eigenvalue weighted by molar-refractivity contribution is 6.74. The van der Waals surface area contributed by atoms with Crippen LogP contribution >= 0.6 is 11.6 Å². The summed E-state index contributed by atoms with van der Waals surface area (Å²) in [5.41, 5.74) is 0.481. The molecule has 0 saturated carbocycles. The van der Waals surface area contributed by atoms with Crippen molar-refractivity contribution in [3.8, 4) is 5.75 Å². The van der Waals surface area contributed by atoms with E-state index in [4.69, 9.17) is 30.9 Å². The van der Waals surface area contributed by atoms with Gasteiger partial charge in [0, 0.05) is 0 Å². The minimum atomic E-state index is -1.93. The SMILES string of the molecule is COc1c(C(=O)O)cc(CO[Si](C)(C)C(C)(C)C)nc1Cl.O=NO. The van der Waals surface area contributed by atoms with Crippen molar-refractivity contribution in [2.45, 2.75) is 45.5 Å². The predicted octanol–water partition coefficient (Wildman–Crippen LogP) is 4.11. The minimum absolute atomic E-state index is 0.00803. The van der Waals surface area contributed by atoms with Crippen LogP contribution in [0.4, 0.5) is 0 Å². The Balaban J connectivity index is 0.00000163. The molecular weight excluding hydrogens is 356 g/mol. The first-order chi connectivity index (χ1) is 10.9. The number of nitrogens with zero attached hydrogens (tertiary/aromatic N) is 2. The van der Waals surface area contributed by atoms with Gasteiger partial charge in [-0.1, -0.05) is 32.4 Å². The number of carboxylic acids is 1. The van der Waals surface area contributed by atoms with E-state index in [9.17, 15) is 9.90 Å². The molecule has 1 aromatic rings. The van der Waals surface area contributed by atoms with Crippen LogP contribution in [0.2, 0.25) is 23.3 Å². The summed E-state index contributed by atoms with van der Waals surface area (Å²) >= 11 is 5.97. The molecule has 1 heterocycles. The monoisotopic (exact) mass is 378 g/mol. The normalized spacial score (nSPS) is 11.3. The van der Waals surface area contributed by atoms with E-state index in [1.54, 1.807) is 0 Å². The Bertz CT molecular complexity index is 589. The Morgan fingerprint density at radius 2 is 1.92 bits per heavy atom. The number of hydrogen-bond acceptors (Lipinski definition) is 6. The maximum absolute atomic E-state index is 11.2. The molecule has 24 heavy (non-hydrogen) atoms. The highest BCUT2D eigenvalue weighted by Gasteiger charge is 2.37. The standard InChI is InChI=1S/C14H22ClNO4Si.HNO2/c1-14(2,3)21(5,6)20-8-9-7-10(13(17)18)11(19-4)12(15)16-9;2-1-3/h7H,8H2,1-6H3,(H,17,18);(H,2,3). The van der Waals surface area contributed by atoms with E-state index in [2.05, 4.69) is 38.8 Å². The molecule has 0 unspecified atom stereocenters. The van der Waals surface area contributed by atoms with Gasteiger partial charge in [0.1, 0.15) is 5.56 Å². The Kier molecular flexibility index (Phi) is 8.31. The van der Waals surface area contributed by atoms with E-state index < -0.39 is 14.3 Å². The van der Waals surface area contributed by atoms with Crippen LogP contribution in [0.1, 0.15) is 36.8 Å². The molecule has 136 valence electrons. The van der Waals surface area contributed by atoms with Crippen molar-refractivity contribution in [3.63, 3.8) is 0 Å². The lowest BCUT2D eigenvalue weighted by Gasteiger charge is -2.36. The number of ether oxygens (including phenoxy) is 1. The Morgan fingerprint density at radius 1 is 1.42 bits per heavy atom. The van der Waals surface area contributed by atoms with Gasteiger partial charge in [-0.15, -0.1) is 4.91 Å². The number of carboxylic acid groups (broad SMARTS) is 1. The minimum Gasteiger partial charge on any atom is -0.493 e. The second-order valence-electron chi connectivity index (χ2n) is 6.42. The van der Waals surface area contributed by atoms with Crippen LogP contribution in [0.15, 0.2) is 11.4 Å². The maximum Gasteiger partial charge on any atom is 0.339 e. The van der Waals surface area contributed by atoms with E-state index in [1.165, 1.54) is 18.5 Å². The highest BCUT2D eigenvalue weighted by Crippen LogP contribution is 2.37. The molecule has 0 aliphatic rings. The van der Waals surface area contributed by atoms with Gasteiger partial charge in [-0.25, -0.2) is 9.78 Å². The van der Waals surface area contributed by atoms with E-state index in [0.29, 0.717) is 5.69 Å². The third-order valence-corrected chi connectivity index (χ3v) is 8.54. The van der Waals surface area contributed by atoms with Crippen molar-refractivity contribution in [1.82, 2.24) is 4.98 Å². The van der Waals surface area contributed by atoms with Crippen molar-refractivity contribution in [1.29, 1.82) is 0 Å². The first kappa shape index (κ1) is 22.3. The molecule has 2 N–H and O–H groups in total. The molecule has 8 nitrogen and oxygen atoms in total. The van der Waals surface area contributed by atoms with Crippen LogP contribution in [-0.4, -0.2) is 36.7 Å². The zero-order valence-electron chi connectivity index (χ0n) is 14.6. The number of halogens is 1. The summed E-state index contributed by atoms with van der Waals surface area (Å²) in [6.07, 6.45) is 0. The van der Waals surface area contributed by atoms with Crippen LogP contribution in [0.3, 0.4) is 0 Å². The van der Waals surface area contributed by atoms with Crippen LogP contribution in [0.5, 0.6) is 5.75 Å².